The molecule has 1 aliphatic rings. The van der Waals surface area contributed by atoms with Gasteiger partial charge in [0.25, 0.3) is 0 Å². The maximum atomic E-state index is 11.5. The van der Waals surface area contributed by atoms with Crippen LogP contribution in [0.15, 0.2) is 30.6 Å². The quantitative estimate of drug-likeness (QED) is 0.853. The first-order valence-corrected chi connectivity index (χ1v) is 8.40. The normalized spacial score (nSPS) is 17.7. The van der Waals surface area contributed by atoms with Crippen LogP contribution < -0.4 is 0 Å². The SMILES string of the molecule is CCCn1nccc1-c1ncccc1C[C@@H]1CCN(C(C)=O)C1. The van der Waals surface area contributed by atoms with Crippen LogP contribution in [0.2, 0.25) is 0 Å². The van der Waals surface area contributed by atoms with E-state index in [1.807, 2.05) is 34.1 Å². The third kappa shape index (κ3) is 3.44. The maximum absolute atomic E-state index is 11.5. The van der Waals surface area contributed by atoms with Gasteiger partial charge in [-0.25, -0.2) is 0 Å². The van der Waals surface area contributed by atoms with Crippen molar-refractivity contribution >= 4 is 5.91 Å². The van der Waals surface area contributed by atoms with Crippen LogP contribution in [0.5, 0.6) is 0 Å². The summed E-state index contributed by atoms with van der Waals surface area (Å²) in [5.41, 5.74) is 3.37. The lowest BCUT2D eigenvalue weighted by Gasteiger charge is -2.15. The molecule has 0 aromatic carbocycles. The highest BCUT2D eigenvalue weighted by molar-refractivity contribution is 5.73. The molecule has 1 aliphatic heterocycles. The minimum Gasteiger partial charge on any atom is -0.343 e. The molecule has 5 nitrogen and oxygen atoms in total. The van der Waals surface area contributed by atoms with Crippen molar-refractivity contribution in [2.45, 2.75) is 39.7 Å². The molecule has 3 rings (SSSR count). The van der Waals surface area contributed by atoms with Gasteiger partial charge in [-0.3, -0.25) is 14.5 Å². The lowest BCUT2D eigenvalue weighted by atomic mass is 9.96. The summed E-state index contributed by atoms with van der Waals surface area (Å²) in [6.45, 7) is 6.45. The third-order valence-electron chi connectivity index (χ3n) is 4.53. The van der Waals surface area contributed by atoms with Crippen LogP contribution in [0.4, 0.5) is 0 Å². The average Bonchev–Trinajstić information content (AvgIpc) is 3.18. The zero-order chi connectivity index (χ0) is 16.2. The maximum Gasteiger partial charge on any atom is 0.219 e. The van der Waals surface area contributed by atoms with Crippen molar-refractivity contribution in [2.75, 3.05) is 13.1 Å². The molecule has 1 amide bonds. The van der Waals surface area contributed by atoms with Gasteiger partial charge in [0.1, 0.15) is 0 Å². The predicted octanol–water partition coefficient (Wildman–Crippen LogP) is 2.77. The van der Waals surface area contributed by atoms with Gasteiger partial charge in [0, 0.05) is 39.0 Å². The molecular formula is C18H24N4O. The van der Waals surface area contributed by atoms with Crippen LogP contribution in [0.3, 0.4) is 0 Å². The van der Waals surface area contributed by atoms with E-state index in [1.54, 1.807) is 6.92 Å². The van der Waals surface area contributed by atoms with Gasteiger partial charge in [0.15, 0.2) is 0 Å². The van der Waals surface area contributed by atoms with Gasteiger partial charge >= 0.3 is 0 Å². The highest BCUT2D eigenvalue weighted by Crippen LogP contribution is 2.27. The molecule has 0 aliphatic carbocycles. The number of likely N-dealkylation sites (tertiary alicyclic amines) is 1. The van der Waals surface area contributed by atoms with Crippen molar-refractivity contribution in [2.24, 2.45) is 5.92 Å². The minimum atomic E-state index is 0.180. The first-order valence-electron chi connectivity index (χ1n) is 8.40. The average molecular weight is 312 g/mol. The van der Waals surface area contributed by atoms with E-state index < -0.39 is 0 Å². The molecule has 1 saturated heterocycles. The fourth-order valence-electron chi connectivity index (χ4n) is 3.35. The summed E-state index contributed by atoms with van der Waals surface area (Å²) in [4.78, 5) is 18.1. The Morgan fingerprint density at radius 3 is 2.96 bits per heavy atom. The smallest absolute Gasteiger partial charge is 0.219 e. The molecular weight excluding hydrogens is 288 g/mol. The van der Waals surface area contributed by atoms with Crippen molar-refractivity contribution in [3.63, 3.8) is 0 Å². The van der Waals surface area contributed by atoms with E-state index in [-0.39, 0.29) is 5.91 Å². The van der Waals surface area contributed by atoms with Crippen LogP contribution in [-0.2, 0) is 17.8 Å². The number of hydrogen-bond acceptors (Lipinski definition) is 3. The van der Waals surface area contributed by atoms with E-state index in [0.717, 1.165) is 50.3 Å². The van der Waals surface area contributed by atoms with E-state index in [4.69, 9.17) is 0 Å². The van der Waals surface area contributed by atoms with Crippen LogP contribution in [0.1, 0.15) is 32.3 Å². The highest BCUT2D eigenvalue weighted by atomic mass is 16.2. The molecule has 1 fully saturated rings. The topological polar surface area (TPSA) is 51.0 Å². The summed E-state index contributed by atoms with van der Waals surface area (Å²) in [6, 6.07) is 6.19. The zero-order valence-electron chi connectivity index (χ0n) is 13.9. The zero-order valence-corrected chi connectivity index (χ0v) is 13.9. The van der Waals surface area contributed by atoms with Crippen molar-refractivity contribution in [1.29, 1.82) is 0 Å². The van der Waals surface area contributed by atoms with Crippen molar-refractivity contribution in [3.05, 3.63) is 36.2 Å². The fraction of sp³-hybridized carbons (Fsp3) is 0.500. The van der Waals surface area contributed by atoms with Gasteiger partial charge in [-0.1, -0.05) is 13.0 Å². The van der Waals surface area contributed by atoms with E-state index >= 15 is 0 Å². The highest BCUT2D eigenvalue weighted by Gasteiger charge is 2.25. The van der Waals surface area contributed by atoms with E-state index in [2.05, 4.69) is 23.1 Å². The largest absolute Gasteiger partial charge is 0.343 e. The summed E-state index contributed by atoms with van der Waals surface area (Å²) < 4.78 is 2.03. The number of aromatic nitrogens is 3. The molecule has 3 heterocycles. The Labute approximate surface area is 137 Å². The number of amides is 1. The summed E-state index contributed by atoms with van der Waals surface area (Å²) in [7, 11) is 0. The summed E-state index contributed by atoms with van der Waals surface area (Å²) in [6.07, 6.45) is 6.77. The number of nitrogens with zero attached hydrogens (tertiary/aromatic N) is 4. The van der Waals surface area contributed by atoms with Crippen LogP contribution in [-0.4, -0.2) is 38.7 Å². The number of rotatable bonds is 5. The van der Waals surface area contributed by atoms with Crippen molar-refractivity contribution in [1.82, 2.24) is 19.7 Å². The lowest BCUT2D eigenvalue weighted by molar-refractivity contribution is -0.127. The number of aryl methyl sites for hydroxylation is 1. The fourth-order valence-corrected chi connectivity index (χ4v) is 3.35. The standard InChI is InChI=1S/C18H24N4O/c1-3-10-22-17(6-9-20-22)18-16(5-4-8-19-18)12-15-7-11-21(13-15)14(2)23/h4-6,8-9,15H,3,7,10-13H2,1-2H3/t15-/m0/s1. The Bertz CT molecular complexity index is 679. The minimum absolute atomic E-state index is 0.180. The Balaban J connectivity index is 1.81. The van der Waals surface area contributed by atoms with Gasteiger partial charge in [0.05, 0.1) is 11.4 Å². The van der Waals surface area contributed by atoms with Gasteiger partial charge < -0.3 is 4.90 Å². The molecule has 0 N–H and O–H groups in total. The molecule has 0 bridgehead atoms. The lowest BCUT2D eigenvalue weighted by Crippen LogP contribution is -2.26. The molecule has 0 radical (unpaired) electrons. The molecule has 23 heavy (non-hydrogen) atoms. The molecule has 0 spiro atoms. The first-order chi connectivity index (χ1) is 11.2. The van der Waals surface area contributed by atoms with Crippen LogP contribution in [0, 0.1) is 5.92 Å². The van der Waals surface area contributed by atoms with Crippen LogP contribution >= 0.6 is 0 Å². The second-order valence-electron chi connectivity index (χ2n) is 6.27. The first kappa shape index (κ1) is 15.7. The van der Waals surface area contributed by atoms with Crippen molar-refractivity contribution in [3.8, 4) is 11.4 Å². The molecule has 0 unspecified atom stereocenters. The van der Waals surface area contributed by atoms with E-state index in [0.29, 0.717) is 5.92 Å². The second kappa shape index (κ2) is 6.94. The number of carbonyl (C=O) groups excluding carboxylic acids is 1. The van der Waals surface area contributed by atoms with E-state index in [1.165, 1.54) is 5.56 Å². The van der Waals surface area contributed by atoms with Gasteiger partial charge in [0.2, 0.25) is 5.91 Å². The van der Waals surface area contributed by atoms with Gasteiger partial charge in [-0.2, -0.15) is 5.10 Å². The molecule has 1 atom stereocenters. The monoisotopic (exact) mass is 312 g/mol. The summed E-state index contributed by atoms with van der Waals surface area (Å²) in [5.74, 6) is 0.698. The Kier molecular flexibility index (Phi) is 4.74. The Morgan fingerprint density at radius 2 is 2.22 bits per heavy atom. The molecule has 2 aromatic heterocycles. The number of hydrogen-bond donors (Lipinski definition) is 0. The molecule has 0 saturated carbocycles. The second-order valence-corrected chi connectivity index (χ2v) is 6.27. The Morgan fingerprint density at radius 1 is 1.35 bits per heavy atom. The van der Waals surface area contributed by atoms with Gasteiger partial charge in [-0.15, -0.1) is 0 Å². The summed E-state index contributed by atoms with van der Waals surface area (Å²) in [5, 5.41) is 4.41. The Hall–Kier alpha value is -2.17. The number of pyridine rings is 1. The molecule has 2 aromatic rings. The summed E-state index contributed by atoms with van der Waals surface area (Å²) >= 11 is 0. The predicted molar refractivity (Wildman–Crippen MR) is 89.8 cm³/mol. The third-order valence-corrected chi connectivity index (χ3v) is 4.53. The van der Waals surface area contributed by atoms with Crippen molar-refractivity contribution < 1.29 is 4.79 Å². The molecule has 5 heteroatoms. The van der Waals surface area contributed by atoms with Gasteiger partial charge in [-0.05, 0) is 42.9 Å². The van der Waals surface area contributed by atoms with Crippen LogP contribution in [0.25, 0.3) is 11.4 Å². The number of carbonyl (C=O) groups is 1. The molecule has 122 valence electrons. The van der Waals surface area contributed by atoms with E-state index in [9.17, 15) is 4.79 Å².